The predicted octanol–water partition coefficient (Wildman–Crippen LogP) is 2.96. The minimum atomic E-state index is -0.365. The number of nitrogens with one attached hydrogen (secondary N) is 2. The first-order chi connectivity index (χ1) is 14.2. The zero-order valence-electron chi connectivity index (χ0n) is 18.9. The number of piperidine rings is 1. The molecule has 0 aromatic heterocycles. The molecule has 0 aromatic carbocycles. The quantitative estimate of drug-likeness (QED) is 0.722. The molecule has 6 fully saturated rings. The van der Waals surface area contributed by atoms with Gasteiger partial charge in [-0.25, -0.2) is 0 Å². The monoisotopic (exact) mass is 417 g/mol. The van der Waals surface area contributed by atoms with E-state index in [1.807, 2.05) is 20.8 Å². The highest BCUT2D eigenvalue weighted by Crippen LogP contribution is 2.52. The fourth-order valence-corrected chi connectivity index (χ4v) is 7.50. The number of hydrogen-bond donors (Lipinski definition) is 2. The first-order valence-electron chi connectivity index (χ1n) is 12.2. The average molecular weight is 418 g/mol. The van der Waals surface area contributed by atoms with E-state index in [9.17, 15) is 9.59 Å². The molecule has 2 saturated carbocycles. The van der Waals surface area contributed by atoms with Crippen LogP contribution in [0.2, 0.25) is 0 Å². The van der Waals surface area contributed by atoms with Gasteiger partial charge in [0.15, 0.2) is 0 Å². The number of amides is 2. The van der Waals surface area contributed by atoms with Crippen LogP contribution in [0, 0.1) is 17.8 Å². The van der Waals surface area contributed by atoms with Gasteiger partial charge in [0.05, 0.1) is 12.6 Å². The van der Waals surface area contributed by atoms with Crippen LogP contribution in [-0.2, 0) is 14.3 Å². The van der Waals surface area contributed by atoms with Gasteiger partial charge in [-0.15, -0.1) is 0 Å². The van der Waals surface area contributed by atoms with E-state index in [-0.39, 0.29) is 23.1 Å². The maximum atomic E-state index is 13.0. The summed E-state index contributed by atoms with van der Waals surface area (Å²) in [5.74, 6) is 2.22. The topological polar surface area (TPSA) is 70.7 Å². The predicted molar refractivity (Wildman–Crippen MR) is 115 cm³/mol. The van der Waals surface area contributed by atoms with Gasteiger partial charge < -0.3 is 15.4 Å². The number of carbonyl (C=O) groups excluding carboxylic acids is 2. The molecule has 4 aliphatic heterocycles. The van der Waals surface area contributed by atoms with E-state index in [0.717, 1.165) is 50.4 Å². The highest BCUT2D eigenvalue weighted by Gasteiger charge is 2.53. The van der Waals surface area contributed by atoms with Gasteiger partial charge in [-0.05, 0) is 96.3 Å². The van der Waals surface area contributed by atoms with Gasteiger partial charge in [-0.1, -0.05) is 0 Å². The third-order valence-electron chi connectivity index (χ3n) is 8.15. The molecule has 0 aromatic rings. The van der Waals surface area contributed by atoms with Gasteiger partial charge >= 0.3 is 0 Å². The Labute approximate surface area is 180 Å². The first kappa shape index (κ1) is 20.7. The molecule has 6 bridgehead atoms. The largest absolute Gasteiger partial charge is 0.353 e. The molecule has 6 rings (SSSR count). The molecular formula is C24H39N3O3. The zero-order valence-corrected chi connectivity index (χ0v) is 18.9. The highest BCUT2D eigenvalue weighted by atomic mass is 16.5. The molecule has 0 radical (unpaired) electrons. The fourth-order valence-electron chi connectivity index (χ4n) is 7.50. The molecule has 30 heavy (non-hydrogen) atoms. The van der Waals surface area contributed by atoms with Gasteiger partial charge in [0, 0.05) is 24.0 Å². The minimum Gasteiger partial charge on any atom is -0.353 e. The summed E-state index contributed by atoms with van der Waals surface area (Å²) in [5.41, 5.74) is -0.553. The summed E-state index contributed by atoms with van der Waals surface area (Å²) in [6, 6.07) is 0.895. The Morgan fingerprint density at radius 1 is 0.967 bits per heavy atom. The summed E-state index contributed by atoms with van der Waals surface area (Å²) in [6.45, 7) is 6.57. The molecule has 6 aliphatic rings. The van der Waals surface area contributed by atoms with Crippen molar-refractivity contribution in [2.24, 2.45) is 17.8 Å². The van der Waals surface area contributed by atoms with Crippen molar-refractivity contribution in [2.45, 2.75) is 114 Å². The third kappa shape index (κ3) is 4.27. The Bertz CT molecular complexity index is 651. The van der Waals surface area contributed by atoms with Crippen LogP contribution < -0.4 is 10.6 Å². The molecule has 0 spiro atoms. The lowest BCUT2D eigenvalue weighted by atomic mass is 9.65. The average Bonchev–Trinajstić information content (AvgIpc) is 2.81. The summed E-state index contributed by atoms with van der Waals surface area (Å²) in [6.07, 6.45) is 11.1. The number of ether oxygens (including phenoxy) is 1. The second-order valence-electron chi connectivity index (χ2n) is 12.0. The van der Waals surface area contributed by atoms with Crippen LogP contribution in [0.25, 0.3) is 0 Å². The SMILES string of the molecule is CC(C)(C)NC(=O)CN1[C@@H]2CC[C@H]1C[C@H](CC(=O)NC13CC4CC(CC(C4)O1)C3)C2. The van der Waals surface area contributed by atoms with Crippen molar-refractivity contribution in [3.8, 4) is 0 Å². The summed E-state index contributed by atoms with van der Waals surface area (Å²) >= 11 is 0. The maximum absolute atomic E-state index is 13.0. The fraction of sp³-hybridized carbons (Fsp3) is 0.917. The Balaban J connectivity index is 1.14. The number of carbonyl (C=O) groups is 2. The Morgan fingerprint density at radius 2 is 1.60 bits per heavy atom. The Kier molecular flexibility index (Phi) is 5.17. The Morgan fingerprint density at radius 3 is 2.17 bits per heavy atom. The molecule has 2 N–H and O–H groups in total. The molecule has 2 unspecified atom stereocenters. The minimum absolute atomic E-state index is 0.120. The third-order valence-corrected chi connectivity index (χ3v) is 8.15. The second kappa shape index (κ2) is 7.47. The normalized spacial score (nSPS) is 42.4. The van der Waals surface area contributed by atoms with Crippen molar-refractivity contribution in [1.82, 2.24) is 15.5 Å². The van der Waals surface area contributed by atoms with E-state index in [2.05, 4.69) is 15.5 Å². The van der Waals surface area contributed by atoms with Crippen molar-refractivity contribution in [1.29, 1.82) is 0 Å². The van der Waals surface area contributed by atoms with Crippen LogP contribution in [-0.4, -0.2) is 52.7 Å². The van der Waals surface area contributed by atoms with Crippen molar-refractivity contribution in [3.05, 3.63) is 0 Å². The van der Waals surface area contributed by atoms with Crippen molar-refractivity contribution in [3.63, 3.8) is 0 Å². The van der Waals surface area contributed by atoms with Crippen LogP contribution in [0.15, 0.2) is 0 Å². The molecule has 4 heterocycles. The number of hydrogen-bond acceptors (Lipinski definition) is 4. The molecule has 5 atom stereocenters. The van der Waals surface area contributed by atoms with E-state index in [4.69, 9.17) is 4.74 Å². The molecule has 6 nitrogen and oxygen atoms in total. The standard InChI is InChI=1S/C24H39N3O3/c1-23(2,3)25-22(29)14-27-18-4-5-19(27)8-15(7-18)11-21(28)26-24-12-16-6-17(13-24)10-20(9-16)30-24/h15-20H,4-14H2,1-3H3,(H,25,29)(H,26,28)/t15-,16?,17?,18-,19+,20?,24?. The van der Waals surface area contributed by atoms with Crippen LogP contribution in [0.1, 0.15) is 85.0 Å². The van der Waals surface area contributed by atoms with Crippen molar-refractivity contribution in [2.75, 3.05) is 6.54 Å². The molecule has 4 saturated heterocycles. The van der Waals surface area contributed by atoms with Crippen molar-refractivity contribution < 1.29 is 14.3 Å². The summed E-state index contributed by atoms with van der Waals surface area (Å²) in [4.78, 5) is 27.8. The van der Waals surface area contributed by atoms with Gasteiger partial charge in [0.1, 0.15) is 5.72 Å². The lowest BCUT2D eigenvalue weighted by molar-refractivity contribution is -0.233. The highest BCUT2D eigenvalue weighted by molar-refractivity contribution is 5.79. The van der Waals surface area contributed by atoms with E-state index >= 15 is 0 Å². The number of nitrogens with zero attached hydrogens (tertiary/aromatic N) is 1. The molecule has 2 amide bonds. The molecule has 6 heteroatoms. The lowest BCUT2D eigenvalue weighted by Crippen LogP contribution is -2.63. The summed E-state index contributed by atoms with van der Waals surface area (Å²) in [7, 11) is 0. The van der Waals surface area contributed by atoms with Crippen molar-refractivity contribution >= 4 is 11.8 Å². The van der Waals surface area contributed by atoms with Crippen LogP contribution in [0.3, 0.4) is 0 Å². The van der Waals surface area contributed by atoms with E-state index in [1.165, 1.54) is 19.3 Å². The summed E-state index contributed by atoms with van der Waals surface area (Å²) < 4.78 is 6.34. The van der Waals surface area contributed by atoms with Crippen LogP contribution >= 0.6 is 0 Å². The zero-order chi connectivity index (χ0) is 21.1. The van der Waals surface area contributed by atoms with Crippen LogP contribution in [0.5, 0.6) is 0 Å². The lowest BCUT2D eigenvalue weighted by Gasteiger charge is -2.56. The van der Waals surface area contributed by atoms with Gasteiger partial charge in [-0.2, -0.15) is 0 Å². The first-order valence-corrected chi connectivity index (χ1v) is 12.2. The second-order valence-corrected chi connectivity index (χ2v) is 12.0. The molecular weight excluding hydrogens is 378 g/mol. The van der Waals surface area contributed by atoms with E-state index in [0.29, 0.717) is 37.1 Å². The Hall–Kier alpha value is -1.14. The maximum Gasteiger partial charge on any atom is 0.234 e. The van der Waals surface area contributed by atoms with Gasteiger partial charge in [0.2, 0.25) is 11.8 Å². The smallest absolute Gasteiger partial charge is 0.234 e. The number of rotatable bonds is 5. The van der Waals surface area contributed by atoms with E-state index in [1.54, 1.807) is 0 Å². The molecule has 168 valence electrons. The summed E-state index contributed by atoms with van der Waals surface area (Å²) in [5, 5.41) is 6.44. The van der Waals surface area contributed by atoms with Gasteiger partial charge in [-0.3, -0.25) is 14.5 Å². The molecule has 2 aliphatic carbocycles. The van der Waals surface area contributed by atoms with Gasteiger partial charge in [0.25, 0.3) is 0 Å². The van der Waals surface area contributed by atoms with Crippen LogP contribution in [0.4, 0.5) is 0 Å². The van der Waals surface area contributed by atoms with E-state index < -0.39 is 0 Å². The number of fused-ring (bicyclic) bond motifs is 2.